The summed E-state index contributed by atoms with van der Waals surface area (Å²) in [6.07, 6.45) is 0. The van der Waals surface area contributed by atoms with Crippen LogP contribution >= 0.6 is 0 Å². The van der Waals surface area contributed by atoms with E-state index in [1.165, 1.54) is 12.1 Å². The van der Waals surface area contributed by atoms with Gasteiger partial charge in [-0.15, -0.1) is 0 Å². The Kier molecular flexibility index (Phi) is 5.13. The molecule has 2 rings (SSSR count). The lowest BCUT2D eigenvalue weighted by atomic mass is 10.2. The number of benzene rings is 2. The van der Waals surface area contributed by atoms with Gasteiger partial charge >= 0.3 is 5.97 Å². The lowest BCUT2D eigenvalue weighted by Gasteiger charge is -2.08. The fourth-order valence-electron chi connectivity index (χ4n) is 1.75. The number of ether oxygens (including phenoxy) is 1. The minimum absolute atomic E-state index is 0.0848. The van der Waals surface area contributed by atoms with Gasteiger partial charge in [0.05, 0.1) is 4.90 Å². The van der Waals surface area contributed by atoms with Crippen LogP contribution in [0.3, 0.4) is 0 Å². The molecule has 6 nitrogen and oxygen atoms in total. The molecule has 0 aliphatic heterocycles. The van der Waals surface area contributed by atoms with Gasteiger partial charge in [0.25, 0.3) is 0 Å². The maximum atomic E-state index is 12.1. The standard InChI is InChI=1S/C15H15NO5S/c17-15(18)11-21-13-6-4-5-12(9-13)10-16-22(19,20)14-7-2-1-3-8-14/h1-9,16H,10-11H2,(H,17,18). The van der Waals surface area contributed by atoms with E-state index in [2.05, 4.69) is 4.72 Å². The van der Waals surface area contributed by atoms with Gasteiger partial charge in [-0.2, -0.15) is 0 Å². The number of hydrogen-bond acceptors (Lipinski definition) is 4. The van der Waals surface area contributed by atoms with Gasteiger partial charge in [0.15, 0.2) is 6.61 Å². The fourth-order valence-corrected chi connectivity index (χ4v) is 2.79. The molecule has 0 aliphatic carbocycles. The number of sulfonamides is 1. The summed E-state index contributed by atoms with van der Waals surface area (Å²) in [5.41, 5.74) is 0.669. The Morgan fingerprint density at radius 3 is 2.50 bits per heavy atom. The summed E-state index contributed by atoms with van der Waals surface area (Å²) in [5, 5.41) is 8.56. The van der Waals surface area contributed by atoms with Crippen molar-refractivity contribution in [2.45, 2.75) is 11.4 Å². The lowest BCUT2D eigenvalue weighted by Crippen LogP contribution is -2.23. The number of rotatable bonds is 7. The number of nitrogens with one attached hydrogen (secondary N) is 1. The van der Waals surface area contributed by atoms with Crippen LogP contribution in [0.4, 0.5) is 0 Å². The van der Waals surface area contributed by atoms with Gasteiger partial charge in [-0.25, -0.2) is 17.9 Å². The van der Waals surface area contributed by atoms with Gasteiger partial charge in [-0.3, -0.25) is 0 Å². The second kappa shape index (κ2) is 7.06. The number of carboxylic acids is 1. The zero-order valence-corrected chi connectivity index (χ0v) is 12.4. The molecule has 0 aromatic heterocycles. The van der Waals surface area contributed by atoms with Crippen molar-refractivity contribution in [3.05, 3.63) is 60.2 Å². The minimum Gasteiger partial charge on any atom is -0.482 e. The largest absolute Gasteiger partial charge is 0.482 e. The van der Waals surface area contributed by atoms with Crippen LogP contribution in [-0.2, 0) is 21.4 Å². The normalized spacial score (nSPS) is 11.1. The molecular formula is C15H15NO5S. The van der Waals surface area contributed by atoms with E-state index in [4.69, 9.17) is 9.84 Å². The monoisotopic (exact) mass is 321 g/mol. The van der Waals surface area contributed by atoms with Gasteiger partial charge < -0.3 is 9.84 Å². The molecular weight excluding hydrogens is 306 g/mol. The van der Waals surface area contributed by atoms with E-state index in [1.54, 1.807) is 42.5 Å². The molecule has 0 fully saturated rings. The van der Waals surface area contributed by atoms with Gasteiger partial charge in [0.1, 0.15) is 5.75 Å². The number of carbonyl (C=O) groups is 1. The second-order valence-corrected chi connectivity index (χ2v) is 6.23. The van der Waals surface area contributed by atoms with Gasteiger partial charge in [-0.1, -0.05) is 30.3 Å². The molecule has 2 aromatic rings. The zero-order chi connectivity index (χ0) is 16.0. The van der Waals surface area contributed by atoms with E-state index in [0.29, 0.717) is 11.3 Å². The van der Waals surface area contributed by atoms with Crippen molar-refractivity contribution in [3.8, 4) is 5.75 Å². The Labute approximate surface area is 128 Å². The molecule has 22 heavy (non-hydrogen) atoms. The molecule has 0 radical (unpaired) electrons. The minimum atomic E-state index is -3.58. The smallest absolute Gasteiger partial charge is 0.341 e. The van der Waals surface area contributed by atoms with Crippen LogP contribution in [0, 0.1) is 0 Å². The van der Waals surface area contributed by atoms with Crippen LogP contribution in [0.15, 0.2) is 59.5 Å². The number of carboxylic acid groups (broad SMARTS) is 1. The van der Waals surface area contributed by atoms with Crippen molar-refractivity contribution in [1.29, 1.82) is 0 Å². The van der Waals surface area contributed by atoms with Gasteiger partial charge in [-0.05, 0) is 29.8 Å². The second-order valence-electron chi connectivity index (χ2n) is 4.47. The first-order valence-corrected chi connectivity index (χ1v) is 7.94. The van der Waals surface area contributed by atoms with Crippen LogP contribution in [-0.4, -0.2) is 26.1 Å². The Bertz CT molecular complexity index is 744. The molecule has 7 heteroatoms. The average Bonchev–Trinajstić information content (AvgIpc) is 2.52. The predicted molar refractivity (Wildman–Crippen MR) is 80.0 cm³/mol. The Morgan fingerprint density at radius 2 is 1.82 bits per heavy atom. The first-order valence-electron chi connectivity index (χ1n) is 6.45. The van der Waals surface area contributed by atoms with Crippen molar-refractivity contribution in [2.75, 3.05) is 6.61 Å². The molecule has 2 N–H and O–H groups in total. The summed E-state index contributed by atoms with van der Waals surface area (Å²) < 4.78 is 31.7. The molecule has 0 saturated heterocycles. The molecule has 0 unspecified atom stereocenters. The van der Waals surface area contributed by atoms with Crippen LogP contribution in [0.2, 0.25) is 0 Å². The van der Waals surface area contributed by atoms with Crippen molar-refractivity contribution in [1.82, 2.24) is 4.72 Å². The van der Waals surface area contributed by atoms with Gasteiger partial charge in [0, 0.05) is 6.54 Å². The molecule has 2 aromatic carbocycles. The Morgan fingerprint density at radius 1 is 1.09 bits per heavy atom. The third-order valence-corrected chi connectivity index (χ3v) is 4.20. The third-order valence-electron chi connectivity index (χ3n) is 2.78. The maximum absolute atomic E-state index is 12.1. The highest BCUT2D eigenvalue weighted by atomic mass is 32.2. The number of aliphatic carboxylic acids is 1. The average molecular weight is 321 g/mol. The molecule has 116 valence electrons. The maximum Gasteiger partial charge on any atom is 0.341 e. The topological polar surface area (TPSA) is 92.7 Å². The lowest BCUT2D eigenvalue weighted by molar-refractivity contribution is -0.139. The van der Waals surface area contributed by atoms with E-state index >= 15 is 0 Å². The van der Waals surface area contributed by atoms with E-state index in [-0.39, 0.29) is 11.4 Å². The molecule has 0 saturated carbocycles. The third kappa shape index (κ3) is 4.57. The summed E-state index contributed by atoms with van der Waals surface area (Å²) in [6, 6.07) is 14.6. The fraction of sp³-hybridized carbons (Fsp3) is 0.133. The molecule has 0 heterocycles. The molecule has 0 aliphatic rings. The first kappa shape index (κ1) is 16.0. The molecule has 0 amide bonds. The summed E-state index contributed by atoms with van der Waals surface area (Å²) >= 11 is 0. The van der Waals surface area contributed by atoms with Crippen molar-refractivity contribution in [2.24, 2.45) is 0 Å². The highest BCUT2D eigenvalue weighted by Crippen LogP contribution is 2.14. The van der Waals surface area contributed by atoms with Crippen molar-refractivity contribution >= 4 is 16.0 Å². The number of hydrogen-bond donors (Lipinski definition) is 2. The molecule has 0 atom stereocenters. The summed E-state index contributed by atoms with van der Waals surface area (Å²) in [7, 11) is -3.58. The highest BCUT2D eigenvalue weighted by Gasteiger charge is 2.12. The van der Waals surface area contributed by atoms with Crippen LogP contribution in [0.5, 0.6) is 5.75 Å². The Balaban J connectivity index is 2.02. The van der Waals surface area contributed by atoms with Crippen LogP contribution in [0.1, 0.15) is 5.56 Å². The quantitative estimate of drug-likeness (QED) is 0.808. The summed E-state index contributed by atoms with van der Waals surface area (Å²) in [4.78, 5) is 10.6. The molecule has 0 spiro atoms. The highest BCUT2D eigenvalue weighted by molar-refractivity contribution is 7.89. The zero-order valence-electron chi connectivity index (χ0n) is 11.6. The first-order chi connectivity index (χ1) is 10.5. The van der Waals surface area contributed by atoms with Gasteiger partial charge in [0.2, 0.25) is 10.0 Å². The van der Waals surface area contributed by atoms with Crippen LogP contribution < -0.4 is 9.46 Å². The van der Waals surface area contributed by atoms with E-state index in [9.17, 15) is 13.2 Å². The summed E-state index contributed by atoms with van der Waals surface area (Å²) in [5.74, 6) is -0.700. The predicted octanol–water partition coefficient (Wildman–Crippen LogP) is 1.63. The SMILES string of the molecule is O=C(O)COc1cccc(CNS(=O)(=O)c2ccccc2)c1. The van der Waals surface area contributed by atoms with Crippen molar-refractivity contribution < 1.29 is 23.1 Å². The van der Waals surface area contributed by atoms with E-state index in [0.717, 1.165) is 0 Å². The van der Waals surface area contributed by atoms with E-state index < -0.39 is 22.6 Å². The van der Waals surface area contributed by atoms with Crippen LogP contribution in [0.25, 0.3) is 0 Å². The Hall–Kier alpha value is -2.38. The summed E-state index contributed by atoms with van der Waals surface area (Å²) in [6.45, 7) is -0.360. The molecule has 0 bridgehead atoms. The van der Waals surface area contributed by atoms with Crippen molar-refractivity contribution in [3.63, 3.8) is 0 Å². The van der Waals surface area contributed by atoms with E-state index in [1.807, 2.05) is 0 Å².